The van der Waals surface area contributed by atoms with Gasteiger partial charge in [-0.15, -0.1) is 0 Å². The fourth-order valence-corrected chi connectivity index (χ4v) is 4.69. The molecule has 2 fully saturated rings. The van der Waals surface area contributed by atoms with Crippen molar-refractivity contribution in [3.8, 4) is 0 Å². The van der Waals surface area contributed by atoms with Gasteiger partial charge >= 0.3 is 6.16 Å². The quantitative estimate of drug-likeness (QED) is 0.553. The lowest BCUT2D eigenvalue weighted by molar-refractivity contribution is -0.118. The third-order valence-electron chi connectivity index (χ3n) is 6.98. The van der Waals surface area contributed by atoms with Crippen molar-refractivity contribution >= 4 is 17.7 Å². The van der Waals surface area contributed by atoms with Gasteiger partial charge in [0.15, 0.2) is 11.6 Å². The maximum absolute atomic E-state index is 13.7. The summed E-state index contributed by atoms with van der Waals surface area (Å²) in [5.41, 5.74) is 1.19. The summed E-state index contributed by atoms with van der Waals surface area (Å²) >= 11 is 0. The van der Waals surface area contributed by atoms with Gasteiger partial charge in [0.25, 0.3) is 0 Å². The average Bonchev–Trinajstić information content (AvgIpc) is 2.75. The molecule has 4 rings (SSSR count). The highest BCUT2D eigenvalue weighted by Crippen LogP contribution is 2.30. The Kier molecular flexibility index (Phi) is 7.60. The molecule has 3 aliphatic rings. The first-order valence-electron chi connectivity index (χ1n) is 11.8. The smallest absolute Gasteiger partial charge is 0.434 e. The molecule has 1 amide bonds. The number of benzene rings is 1. The maximum atomic E-state index is 13.7. The fourth-order valence-electron chi connectivity index (χ4n) is 4.69. The molecule has 0 spiro atoms. The molecule has 0 unspecified atom stereocenters. The van der Waals surface area contributed by atoms with Crippen molar-refractivity contribution in [2.75, 3.05) is 44.3 Å². The highest BCUT2D eigenvalue weighted by atomic mass is 19.2. The van der Waals surface area contributed by atoms with Crippen LogP contribution in [0.1, 0.15) is 50.5 Å². The van der Waals surface area contributed by atoms with Crippen LogP contribution < -0.4 is 4.90 Å². The number of nitrogens with zero attached hydrogens (tertiary/aromatic N) is 2. The molecule has 6 nitrogen and oxygen atoms in total. The number of fused-ring (bicyclic) bond motifs is 1. The summed E-state index contributed by atoms with van der Waals surface area (Å²) in [6.07, 6.45) is 6.39. The van der Waals surface area contributed by atoms with E-state index in [1.807, 2.05) is 0 Å². The van der Waals surface area contributed by atoms with Crippen molar-refractivity contribution in [2.45, 2.75) is 51.4 Å². The van der Waals surface area contributed by atoms with Crippen molar-refractivity contribution in [2.24, 2.45) is 11.8 Å². The molecule has 0 radical (unpaired) electrons. The van der Waals surface area contributed by atoms with Gasteiger partial charge in [0.1, 0.15) is 0 Å². The molecule has 8 heteroatoms. The number of aryl methyl sites for hydroxylation is 1. The Morgan fingerprint density at radius 2 is 1.59 bits per heavy atom. The van der Waals surface area contributed by atoms with Crippen LogP contribution in [0.15, 0.2) is 12.1 Å². The van der Waals surface area contributed by atoms with E-state index in [4.69, 9.17) is 9.47 Å². The SMILES string of the molecule is O=C(OCC1CCC1)OCC1CCN(CCCN2C(=O)CCc3cc(F)c(F)cc32)CC1. The minimum atomic E-state index is -0.917. The van der Waals surface area contributed by atoms with Gasteiger partial charge in [-0.3, -0.25) is 4.79 Å². The summed E-state index contributed by atoms with van der Waals surface area (Å²) in [6.45, 7) is 4.03. The fraction of sp³-hybridized carbons (Fsp3) is 0.667. The van der Waals surface area contributed by atoms with E-state index in [0.717, 1.165) is 57.8 Å². The zero-order valence-electron chi connectivity index (χ0n) is 18.5. The normalized spacial score (nSPS) is 20.1. The molecule has 1 saturated heterocycles. The monoisotopic (exact) mass is 450 g/mol. The molecular weight excluding hydrogens is 418 g/mol. The van der Waals surface area contributed by atoms with E-state index in [-0.39, 0.29) is 5.91 Å². The Balaban J connectivity index is 1.15. The lowest BCUT2D eigenvalue weighted by atomic mass is 9.86. The van der Waals surface area contributed by atoms with Crippen LogP contribution in [0, 0.1) is 23.5 Å². The van der Waals surface area contributed by atoms with Crippen LogP contribution in [-0.4, -0.2) is 56.4 Å². The first kappa shape index (κ1) is 23.0. The Bertz CT molecular complexity index is 822. The van der Waals surface area contributed by atoms with Gasteiger partial charge in [0.05, 0.1) is 13.2 Å². The third-order valence-corrected chi connectivity index (χ3v) is 6.98. The topological polar surface area (TPSA) is 59.1 Å². The Morgan fingerprint density at radius 1 is 0.938 bits per heavy atom. The zero-order valence-corrected chi connectivity index (χ0v) is 18.5. The lowest BCUT2D eigenvalue weighted by Gasteiger charge is -2.33. The molecule has 0 bridgehead atoms. The van der Waals surface area contributed by atoms with Gasteiger partial charge in [-0.1, -0.05) is 6.42 Å². The number of halogens is 2. The van der Waals surface area contributed by atoms with Gasteiger partial charge in [-0.2, -0.15) is 0 Å². The number of rotatable bonds is 8. The number of hydrogen-bond acceptors (Lipinski definition) is 5. The Labute approximate surface area is 187 Å². The molecular formula is C24H32F2N2O4. The van der Waals surface area contributed by atoms with Crippen molar-refractivity contribution in [3.63, 3.8) is 0 Å². The summed E-state index contributed by atoms with van der Waals surface area (Å²) in [4.78, 5) is 28.0. The first-order valence-corrected chi connectivity index (χ1v) is 11.8. The second-order valence-electron chi connectivity index (χ2n) is 9.25. The number of carbonyl (C=O) groups is 2. The highest BCUT2D eigenvalue weighted by Gasteiger charge is 2.27. The van der Waals surface area contributed by atoms with Crippen LogP contribution in [0.2, 0.25) is 0 Å². The predicted octanol–water partition coefficient (Wildman–Crippen LogP) is 4.30. The van der Waals surface area contributed by atoms with Gasteiger partial charge in [0.2, 0.25) is 5.91 Å². The molecule has 0 atom stereocenters. The van der Waals surface area contributed by atoms with Gasteiger partial charge in [-0.05, 0) is 81.6 Å². The van der Waals surface area contributed by atoms with E-state index in [1.54, 1.807) is 4.90 Å². The van der Waals surface area contributed by atoms with Crippen molar-refractivity contribution < 1.29 is 27.8 Å². The Morgan fingerprint density at radius 3 is 2.25 bits per heavy atom. The molecule has 176 valence electrons. The molecule has 1 aliphatic carbocycles. The van der Waals surface area contributed by atoms with E-state index in [1.165, 1.54) is 12.5 Å². The summed E-state index contributed by atoms with van der Waals surface area (Å²) in [6, 6.07) is 2.35. The summed E-state index contributed by atoms with van der Waals surface area (Å²) < 4.78 is 37.7. The Hall–Kier alpha value is -2.22. The van der Waals surface area contributed by atoms with Crippen molar-refractivity contribution in [3.05, 3.63) is 29.3 Å². The summed E-state index contributed by atoms with van der Waals surface area (Å²) in [5, 5.41) is 0. The molecule has 1 saturated carbocycles. The van der Waals surface area contributed by atoms with Crippen LogP contribution >= 0.6 is 0 Å². The van der Waals surface area contributed by atoms with Crippen LogP contribution in [0.25, 0.3) is 0 Å². The number of ether oxygens (including phenoxy) is 2. The second-order valence-corrected chi connectivity index (χ2v) is 9.25. The minimum Gasteiger partial charge on any atom is -0.434 e. The zero-order chi connectivity index (χ0) is 22.5. The van der Waals surface area contributed by atoms with Gasteiger partial charge in [-0.25, -0.2) is 13.6 Å². The van der Waals surface area contributed by atoms with Crippen LogP contribution in [0.5, 0.6) is 0 Å². The van der Waals surface area contributed by atoms with Crippen LogP contribution in [-0.2, 0) is 20.7 Å². The van der Waals surface area contributed by atoms with Gasteiger partial charge < -0.3 is 19.3 Å². The summed E-state index contributed by atoms with van der Waals surface area (Å²) in [5.74, 6) is -0.963. The predicted molar refractivity (Wildman–Crippen MR) is 115 cm³/mol. The number of anilines is 1. The number of amides is 1. The number of carbonyl (C=O) groups excluding carboxylic acids is 2. The highest BCUT2D eigenvalue weighted by molar-refractivity contribution is 5.96. The molecule has 1 aromatic rings. The van der Waals surface area contributed by atoms with Crippen molar-refractivity contribution in [1.29, 1.82) is 0 Å². The number of piperidine rings is 1. The van der Waals surface area contributed by atoms with E-state index in [2.05, 4.69) is 4.90 Å². The van der Waals surface area contributed by atoms with Crippen molar-refractivity contribution in [1.82, 2.24) is 4.90 Å². The summed E-state index contributed by atoms with van der Waals surface area (Å²) in [7, 11) is 0. The second kappa shape index (κ2) is 10.6. The lowest BCUT2D eigenvalue weighted by Crippen LogP contribution is -2.40. The third kappa shape index (κ3) is 5.77. The minimum absolute atomic E-state index is 0.0384. The largest absolute Gasteiger partial charge is 0.508 e. The van der Waals surface area contributed by atoms with E-state index in [0.29, 0.717) is 55.7 Å². The molecule has 0 aromatic heterocycles. The maximum Gasteiger partial charge on any atom is 0.508 e. The molecule has 2 aliphatic heterocycles. The first-order chi connectivity index (χ1) is 15.5. The molecule has 2 heterocycles. The standard InChI is InChI=1S/C24H32F2N2O4/c25-20-13-19-5-6-23(29)28(22(19)14-21(20)26)10-2-9-27-11-7-18(8-12-27)16-32-24(30)31-15-17-3-1-4-17/h13-14,17-18H,1-12,15-16H2. The van der Waals surface area contributed by atoms with E-state index < -0.39 is 17.8 Å². The van der Waals surface area contributed by atoms with Crippen LogP contribution in [0.4, 0.5) is 19.3 Å². The number of hydrogen-bond donors (Lipinski definition) is 0. The van der Waals surface area contributed by atoms with E-state index >= 15 is 0 Å². The van der Waals surface area contributed by atoms with Crippen LogP contribution in [0.3, 0.4) is 0 Å². The molecule has 32 heavy (non-hydrogen) atoms. The average molecular weight is 451 g/mol. The molecule has 0 N–H and O–H groups in total. The molecule has 1 aromatic carbocycles. The van der Waals surface area contributed by atoms with E-state index in [9.17, 15) is 18.4 Å². The number of likely N-dealkylation sites (tertiary alicyclic amines) is 1. The van der Waals surface area contributed by atoms with Gasteiger partial charge in [0, 0.05) is 24.7 Å².